The lowest BCUT2D eigenvalue weighted by atomic mass is 10.1. The highest BCUT2D eigenvalue weighted by Crippen LogP contribution is 2.23. The molecule has 3 rings (SSSR count). The Hall–Kier alpha value is -2.88. The molecule has 0 aliphatic rings. The average molecular weight is 323 g/mol. The van der Waals surface area contributed by atoms with Gasteiger partial charge >= 0.3 is 0 Å². The van der Waals surface area contributed by atoms with Crippen LogP contribution in [0, 0.1) is 12.7 Å². The number of nitrogens with one attached hydrogen (secondary N) is 1. The molecule has 3 nitrogen and oxygen atoms in total. The third kappa shape index (κ3) is 4.10. The van der Waals surface area contributed by atoms with Gasteiger partial charge in [0.25, 0.3) is 0 Å². The van der Waals surface area contributed by atoms with Gasteiger partial charge in [-0.3, -0.25) is 4.79 Å². The van der Waals surface area contributed by atoms with Crippen LogP contribution in [0.4, 0.5) is 10.1 Å². The van der Waals surface area contributed by atoms with Gasteiger partial charge in [-0.15, -0.1) is 0 Å². The van der Waals surface area contributed by atoms with Crippen LogP contribution in [-0.2, 0) is 11.2 Å². The van der Waals surface area contributed by atoms with Crippen LogP contribution in [0.1, 0.15) is 17.7 Å². The van der Waals surface area contributed by atoms with Gasteiger partial charge in [-0.25, -0.2) is 4.39 Å². The molecule has 4 heteroatoms. The highest BCUT2D eigenvalue weighted by atomic mass is 19.1. The Morgan fingerprint density at radius 3 is 2.42 bits per heavy atom. The molecular formula is C20H18FNO2. The van der Waals surface area contributed by atoms with Gasteiger partial charge < -0.3 is 9.73 Å². The Morgan fingerprint density at radius 1 is 1.00 bits per heavy atom. The first-order valence-corrected chi connectivity index (χ1v) is 7.81. The molecule has 0 saturated heterocycles. The highest BCUT2D eigenvalue weighted by Gasteiger charge is 2.08. The first-order valence-electron chi connectivity index (χ1n) is 7.81. The standard InChI is InChI=1S/C20H18FNO2/c1-14-2-4-15(5-3-14)19-12-10-18(24-19)11-13-20(23)22-17-8-6-16(21)7-9-17/h2-10,12H,11,13H2,1H3,(H,22,23). The van der Waals surface area contributed by atoms with E-state index in [1.54, 1.807) is 0 Å². The largest absolute Gasteiger partial charge is 0.461 e. The fourth-order valence-corrected chi connectivity index (χ4v) is 2.38. The van der Waals surface area contributed by atoms with Crippen molar-refractivity contribution < 1.29 is 13.6 Å². The molecule has 0 saturated carbocycles. The summed E-state index contributed by atoms with van der Waals surface area (Å²) in [6.07, 6.45) is 0.817. The first-order chi connectivity index (χ1) is 11.6. The minimum absolute atomic E-state index is 0.130. The van der Waals surface area contributed by atoms with Crippen molar-refractivity contribution in [3.8, 4) is 11.3 Å². The number of rotatable bonds is 5. The van der Waals surface area contributed by atoms with Crippen LogP contribution in [0.5, 0.6) is 0 Å². The SMILES string of the molecule is Cc1ccc(-c2ccc(CCC(=O)Nc3ccc(F)cc3)o2)cc1. The number of furan rings is 1. The lowest BCUT2D eigenvalue weighted by Gasteiger charge is -2.04. The van der Waals surface area contributed by atoms with E-state index in [4.69, 9.17) is 4.42 Å². The fourth-order valence-electron chi connectivity index (χ4n) is 2.38. The Morgan fingerprint density at radius 2 is 1.71 bits per heavy atom. The molecule has 0 atom stereocenters. The summed E-state index contributed by atoms with van der Waals surface area (Å²) in [5.41, 5.74) is 2.80. The third-order valence-corrected chi connectivity index (χ3v) is 3.72. The van der Waals surface area contributed by atoms with Crippen LogP contribution in [0.25, 0.3) is 11.3 Å². The molecule has 1 N–H and O–H groups in total. The van der Waals surface area contributed by atoms with E-state index in [9.17, 15) is 9.18 Å². The number of hydrogen-bond acceptors (Lipinski definition) is 2. The van der Waals surface area contributed by atoms with Crippen molar-refractivity contribution in [2.45, 2.75) is 19.8 Å². The first kappa shape index (κ1) is 16.0. The van der Waals surface area contributed by atoms with Crippen LogP contribution < -0.4 is 5.32 Å². The van der Waals surface area contributed by atoms with Crippen LogP contribution in [0.2, 0.25) is 0 Å². The van der Waals surface area contributed by atoms with Crippen molar-refractivity contribution in [1.82, 2.24) is 0 Å². The fraction of sp³-hybridized carbons (Fsp3) is 0.150. The van der Waals surface area contributed by atoms with Crippen molar-refractivity contribution in [1.29, 1.82) is 0 Å². The second-order valence-corrected chi connectivity index (χ2v) is 5.69. The quantitative estimate of drug-likeness (QED) is 0.720. The van der Waals surface area contributed by atoms with Crippen molar-refractivity contribution in [3.05, 3.63) is 77.8 Å². The zero-order chi connectivity index (χ0) is 16.9. The number of carbonyl (C=O) groups excluding carboxylic acids is 1. The molecule has 0 bridgehead atoms. The van der Waals surface area contributed by atoms with Crippen molar-refractivity contribution >= 4 is 11.6 Å². The van der Waals surface area contributed by atoms with Crippen LogP contribution in [0.15, 0.2) is 65.1 Å². The Balaban J connectivity index is 1.56. The maximum absolute atomic E-state index is 12.8. The monoisotopic (exact) mass is 323 g/mol. The lowest BCUT2D eigenvalue weighted by molar-refractivity contribution is -0.116. The molecule has 3 aromatic rings. The van der Waals surface area contributed by atoms with Gasteiger partial charge in [0, 0.05) is 24.1 Å². The molecule has 2 aromatic carbocycles. The normalized spacial score (nSPS) is 10.6. The van der Waals surface area contributed by atoms with E-state index < -0.39 is 0 Å². The van der Waals surface area contributed by atoms with Gasteiger partial charge in [-0.1, -0.05) is 29.8 Å². The van der Waals surface area contributed by atoms with Gasteiger partial charge in [-0.2, -0.15) is 0 Å². The van der Waals surface area contributed by atoms with Crippen molar-refractivity contribution in [3.63, 3.8) is 0 Å². The summed E-state index contributed by atoms with van der Waals surface area (Å²) in [5.74, 6) is 1.10. The summed E-state index contributed by atoms with van der Waals surface area (Å²) in [5, 5.41) is 2.74. The van der Waals surface area contributed by atoms with Crippen molar-refractivity contribution in [2.75, 3.05) is 5.32 Å². The summed E-state index contributed by atoms with van der Waals surface area (Å²) in [6.45, 7) is 2.04. The number of anilines is 1. The van der Waals surface area contributed by atoms with E-state index >= 15 is 0 Å². The smallest absolute Gasteiger partial charge is 0.224 e. The number of hydrogen-bond donors (Lipinski definition) is 1. The van der Waals surface area contributed by atoms with Crippen LogP contribution in [-0.4, -0.2) is 5.91 Å². The third-order valence-electron chi connectivity index (χ3n) is 3.72. The van der Waals surface area contributed by atoms with Gasteiger partial charge in [0.15, 0.2) is 0 Å². The van der Waals surface area contributed by atoms with E-state index in [0.29, 0.717) is 18.5 Å². The second kappa shape index (κ2) is 7.13. The molecule has 0 aliphatic heterocycles. The van der Waals surface area contributed by atoms with E-state index in [0.717, 1.165) is 17.1 Å². The van der Waals surface area contributed by atoms with Gasteiger partial charge in [0.1, 0.15) is 17.3 Å². The van der Waals surface area contributed by atoms with E-state index in [2.05, 4.69) is 5.32 Å². The number of halogens is 1. The molecule has 0 fully saturated rings. The molecule has 1 amide bonds. The lowest BCUT2D eigenvalue weighted by Crippen LogP contribution is -2.12. The number of benzene rings is 2. The average Bonchev–Trinajstić information content (AvgIpc) is 3.05. The summed E-state index contributed by atoms with van der Waals surface area (Å²) in [7, 11) is 0. The van der Waals surface area contributed by atoms with Crippen LogP contribution >= 0.6 is 0 Å². The highest BCUT2D eigenvalue weighted by molar-refractivity contribution is 5.90. The molecule has 0 radical (unpaired) electrons. The predicted octanol–water partition coefficient (Wildman–Crippen LogP) is 4.97. The maximum atomic E-state index is 12.8. The zero-order valence-electron chi connectivity index (χ0n) is 13.4. The summed E-state index contributed by atoms with van der Waals surface area (Å²) in [6, 6.07) is 17.6. The number of amides is 1. The Kier molecular flexibility index (Phi) is 4.75. The van der Waals surface area contributed by atoms with E-state index in [1.807, 2.05) is 43.3 Å². The minimum atomic E-state index is -0.327. The number of aryl methyl sites for hydroxylation is 2. The molecule has 1 heterocycles. The maximum Gasteiger partial charge on any atom is 0.224 e. The van der Waals surface area contributed by atoms with Gasteiger partial charge in [-0.05, 0) is 43.3 Å². The van der Waals surface area contributed by atoms with Crippen molar-refractivity contribution in [2.24, 2.45) is 0 Å². The Bertz CT molecular complexity index is 820. The molecular weight excluding hydrogens is 305 g/mol. The molecule has 0 unspecified atom stereocenters. The van der Waals surface area contributed by atoms with Crippen LogP contribution in [0.3, 0.4) is 0 Å². The Labute approximate surface area is 140 Å². The summed E-state index contributed by atoms with van der Waals surface area (Å²) < 4.78 is 18.6. The summed E-state index contributed by atoms with van der Waals surface area (Å²) >= 11 is 0. The predicted molar refractivity (Wildman–Crippen MR) is 92.2 cm³/mol. The minimum Gasteiger partial charge on any atom is -0.461 e. The second-order valence-electron chi connectivity index (χ2n) is 5.69. The van der Waals surface area contributed by atoms with E-state index in [1.165, 1.54) is 29.8 Å². The van der Waals surface area contributed by atoms with Gasteiger partial charge in [0.2, 0.25) is 5.91 Å². The summed E-state index contributed by atoms with van der Waals surface area (Å²) in [4.78, 5) is 11.9. The topological polar surface area (TPSA) is 42.2 Å². The number of carbonyl (C=O) groups is 1. The molecule has 1 aromatic heterocycles. The van der Waals surface area contributed by atoms with E-state index in [-0.39, 0.29) is 11.7 Å². The molecule has 0 aliphatic carbocycles. The molecule has 24 heavy (non-hydrogen) atoms. The molecule has 0 spiro atoms. The zero-order valence-corrected chi connectivity index (χ0v) is 13.4. The van der Waals surface area contributed by atoms with Gasteiger partial charge in [0.05, 0.1) is 0 Å². The molecule has 122 valence electrons.